The maximum atomic E-state index is 13.3. The van der Waals surface area contributed by atoms with E-state index in [1.54, 1.807) is 36.1 Å². The van der Waals surface area contributed by atoms with Crippen LogP contribution in [0.5, 0.6) is 5.75 Å². The minimum Gasteiger partial charge on any atom is -0.476 e. The molecule has 0 spiro atoms. The van der Waals surface area contributed by atoms with Gasteiger partial charge in [-0.15, -0.1) is 0 Å². The Bertz CT molecular complexity index is 973. The predicted octanol–water partition coefficient (Wildman–Crippen LogP) is 2.58. The lowest BCUT2D eigenvalue weighted by Crippen LogP contribution is -2.53. The van der Waals surface area contributed by atoms with Gasteiger partial charge in [0.25, 0.3) is 5.91 Å². The molecule has 27 heavy (non-hydrogen) atoms. The van der Waals surface area contributed by atoms with Crippen molar-refractivity contribution < 1.29 is 17.9 Å². The number of rotatable bonds is 3. The van der Waals surface area contributed by atoms with E-state index in [1.165, 1.54) is 4.31 Å². The van der Waals surface area contributed by atoms with E-state index in [1.807, 2.05) is 24.3 Å². The molecule has 2 aliphatic heterocycles. The van der Waals surface area contributed by atoms with Gasteiger partial charge in [0.05, 0.1) is 18.0 Å². The molecule has 2 heterocycles. The van der Waals surface area contributed by atoms with Crippen molar-refractivity contribution in [3.63, 3.8) is 0 Å². The summed E-state index contributed by atoms with van der Waals surface area (Å²) in [5, 5.41) is 0. The van der Waals surface area contributed by atoms with Crippen LogP contribution in [0.1, 0.15) is 18.9 Å². The van der Waals surface area contributed by atoms with Gasteiger partial charge in [-0.25, -0.2) is 8.42 Å². The topological polar surface area (TPSA) is 66.9 Å². The summed E-state index contributed by atoms with van der Waals surface area (Å²) in [6.45, 7) is 2.20. The molecule has 2 aromatic carbocycles. The number of aryl methyl sites for hydroxylation is 1. The van der Waals surface area contributed by atoms with Gasteiger partial charge in [0, 0.05) is 12.2 Å². The number of anilines is 2. The number of nitrogens with zero attached hydrogens (tertiary/aromatic N) is 2. The minimum atomic E-state index is -3.51. The summed E-state index contributed by atoms with van der Waals surface area (Å²) < 4.78 is 32.5. The summed E-state index contributed by atoms with van der Waals surface area (Å²) in [7, 11) is -3.51. The van der Waals surface area contributed by atoms with Gasteiger partial charge in [-0.2, -0.15) is 0 Å². The first-order chi connectivity index (χ1) is 13.0. The first-order valence-electron chi connectivity index (χ1n) is 9.16. The Morgan fingerprint density at radius 3 is 2.59 bits per heavy atom. The van der Waals surface area contributed by atoms with E-state index in [9.17, 15) is 13.2 Å². The van der Waals surface area contributed by atoms with Gasteiger partial charge in [0.2, 0.25) is 10.0 Å². The van der Waals surface area contributed by atoms with Crippen LogP contribution in [0.15, 0.2) is 48.5 Å². The van der Waals surface area contributed by atoms with Crippen LogP contribution in [0.25, 0.3) is 0 Å². The van der Waals surface area contributed by atoms with Crippen LogP contribution in [0.3, 0.4) is 0 Å². The fourth-order valence-electron chi connectivity index (χ4n) is 3.69. The number of hydrogen-bond acceptors (Lipinski definition) is 4. The zero-order valence-corrected chi connectivity index (χ0v) is 16.0. The Balaban J connectivity index is 1.69. The number of sulfonamides is 1. The van der Waals surface area contributed by atoms with E-state index in [-0.39, 0.29) is 18.2 Å². The molecule has 0 fully saturated rings. The maximum Gasteiger partial charge on any atom is 0.269 e. The third-order valence-electron chi connectivity index (χ3n) is 5.09. The Hall–Kier alpha value is -2.54. The SMILES string of the molecule is CCS(=O)(=O)N1CC(C(=O)N2CCCc3ccccc32)Oc2ccccc21. The molecule has 142 valence electrons. The number of ether oxygens (including phenoxy) is 1. The highest BCUT2D eigenvalue weighted by atomic mass is 32.2. The Labute approximate surface area is 159 Å². The van der Waals surface area contributed by atoms with Gasteiger partial charge in [0.15, 0.2) is 6.10 Å². The van der Waals surface area contributed by atoms with E-state index in [0.29, 0.717) is 18.0 Å². The molecule has 6 nitrogen and oxygen atoms in total. The van der Waals surface area contributed by atoms with Gasteiger partial charge in [-0.3, -0.25) is 9.10 Å². The molecular weight excluding hydrogens is 364 g/mol. The first kappa shape index (κ1) is 17.9. The van der Waals surface area contributed by atoms with Gasteiger partial charge >= 0.3 is 0 Å². The number of carbonyl (C=O) groups is 1. The normalized spacial score (nSPS) is 19.1. The van der Waals surface area contributed by atoms with Gasteiger partial charge < -0.3 is 9.64 Å². The molecule has 1 unspecified atom stereocenters. The average Bonchev–Trinajstić information content (AvgIpc) is 2.72. The molecule has 4 rings (SSSR count). The average molecular weight is 386 g/mol. The van der Waals surface area contributed by atoms with Crippen LogP contribution in [-0.4, -0.2) is 39.3 Å². The maximum absolute atomic E-state index is 13.3. The molecule has 0 aromatic heterocycles. The van der Waals surface area contributed by atoms with E-state index in [4.69, 9.17) is 4.74 Å². The molecule has 0 saturated heterocycles. The zero-order chi connectivity index (χ0) is 19.0. The van der Waals surface area contributed by atoms with Crippen molar-refractivity contribution in [1.29, 1.82) is 0 Å². The fourth-order valence-corrected chi connectivity index (χ4v) is 4.81. The lowest BCUT2D eigenvalue weighted by Gasteiger charge is -2.38. The largest absolute Gasteiger partial charge is 0.476 e. The van der Waals surface area contributed by atoms with E-state index >= 15 is 0 Å². The fraction of sp³-hybridized carbons (Fsp3) is 0.350. The molecule has 0 aliphatic carbocycles. The second-order valence-electron chi connectivity index (χ2n) is 6.73. The molecule has 0 saturated carbocycles. The predicted molar refractivity (Wildman–Crippen MR) is 105 cm³/mol. The van der Waals surface area contributed by atoms with Crippen LogP contribution in [-0.2, 0) is 21.2 Å². The van der Waals surface area contributed by atoms with Gasteiger partial charge in [-0.1, -0.05) is 30.3 Å². The summed E-state index contributed by atoms with van der Waals surface area (Å²) in [6.07, 6.45) is 0.945. The molecule has 0 N–H and O–H groups in total. The van der Waals surface area contributed by atoms with Gasteiger partial charge in [-0.05, 0) is 43.5 Å². The van der Waals surface area contributed by atoms with Crippen molar-refractivity contribution in [3.8, 4) is 5.75 Å². The highest BCUT2D eigenvalue weighted by Gasteiger charge is 2.38. The zero-order valence-electron chi connectivity index (χ0n) is 15.2. The van der Waals surface area contributed by atoms with Crippen LogP contribution in [0, 0.1) is 0 Å². The number of carbonyl (C=O) groups excluding carboxylic acids is 1. The second-order valence-corrected chi connectivity index (χ2v) is 8.91. The number of benzene rings is 2. The summed E-state index contributed by atoms with van der Waals surface area (Å²) >= 11 is 0. The van der Waals surface area contributed by atoms with Gasteiger partial charge in [0.1, 0.15) is 5.75 Å². The van der Waals surface area contributed by atoms with Crippen LogP contribution < -0.4 is 13.9 Å². The smallest absolute Gasteiger partial charge is 0.269 e. The van der Waals surface area contributed by atoms with Crippen LogP contribution in [0.4, 0.5) is 11.4 Å². The van der Waals surface area contributed by atoms with Crippen molar-refractivity contribution in [3.05, 3.63) is 54.1 Å². The number of hydrogen-bond donors (Lipinski definition) is 0. The Kier molecular flexibility index (Phi) is 4.55. The molecule has 7 heteroatoms. The summed E-state index contributed by atoms with van der Waals surface area (Å²) in [4.78, 5) is 15.0. The number of para-hydroxylation sites is 3. The minimum absolute atomic E-state index is 0.00924. The third kappa shape index (κ3) is 3.16. The van der Waals surface area contributed by atoms with E-state index in [2.05, 4.69) is 0 Å². The number of amides is 1. The van der Waals surface area contributed by atoms with Crippen LogP contribution >= 0.6 is 0 Å². The van der Waals surface area contributed by atoms with Crippen LogP contribution in [0.2, 0.25) is 0 Å². The Morgan fingerprint density at radius 2 is 1.81 bits per heavy atom. The monoisotopic (exact) mass is 386 g/mol. The summed E-state index contributed by atoms with van der Waals surface area (Å²) in [5.41, 5.74) is 2.51. The molecule has 0 bridgehead atoms. The highest BCUT2D eigenvalue weighted by molar-refractivity contribution is 7.92. The molecule has 2 aliphatic rings. The molecule has 1 atom stereocenters. The molecule has 0 radical (unpaired) electrons. The van der Waals surface area contributed by atoms with Crippen molar-refractivity contribution in [2.75, 3.05) is 28.0 Å². The molecular formula is C20H22N2O4S. The lowest BCUT2D eigenvalue weighted by molar-refractivity contribution is -0.125. The highest BCUT2D eigenvalue weighted by Crippen LogP contribution is 2.36. The van der Waals surface area contributed by atoms with Crippen molar-refractivity contribution in [2.45, 2.75) is 25.9 Å². The summed E-state index contributed by atoms with van der Waals surface area (Å²) in [6, 6.07) is 14.8. The standard InChI is InChI=1S/C20H22N2O4S/c1-2-27(24,25)22-14-19(26-18-12-6-5-11-17(18)22)20(23)21-13-7-9-15-8-3-4-10-16(15)21/h3-6,8,10-12,19H,2,7,9,13-14H2,1H3. The van der Waals surface area contributed by atoms with E-state index < -0.39 is 16.1 Å². The molecule has 1 amide bonds. The van der Waals surface area contributed by atoms with Crippen molar-refractivity contribution in [1.82, 2.24) is 0 Å². The first-order valence-corrected chi connectivity index (χ1v) is 10.8. The quantitative estimate of drug-likeness (QED) is 0.813. The lowest BCUT2D eigenvalue weighted by atomic mass is 10.0. The van der Waals surface area contributed by atoms with E-state index in [0.717, 1.165) is 24.1 Å². The third-order valence-corrected chi connectivity index (χ3v) is 6.83. The second kappa shape index (κ2) is 6.88. The Morgan fingerprint density at radius 1 is 1.11 bits per heavy atom. The summed E-state index contributed by atoms with van der Waals surface area (Å²) in [5.74, 6) is 0.187. The van der Waals surface area contributed by atoms with Crippen molar-refractivity contribution >= 4 is 27.3 Å². The number of fused-ring (bicyclic) bond motifs is 2. The van der Waals surface area contributed by atoms with Crippen molar-refractivity contribution in [2.24, 2.45) is 0 Å². The molecule has 2 aromatic rings.